The second-order valence-electron chi connectivity index (χ2n) is 4.39. The van der Waals surface area contributed by atoms with Crippen LogP contribution in [0.1, 0.15) is 17.3 Å². The molecule has 1 aromatic heterocycles. The Bertz CT molecular complexity index is 613. The standard InChI is InChI=1S/C15H16Cl2N2O2/c1-18-14(15-13(17)6-10(16)8-19-15)9-4-11(20-2)7-12(5-9)21-3/h4-8,14,18H,1-3H3. The van der Waals surface area contributed by atoms with Gasteiger partial charge in [-0.05, 0) is 30.8 Å². The van der Waals surface area contributed by atoms with Gasteiger partial charge in [0.05, 0.1) is 36.0 Å². The molecule has 21 heavy (non-hydrogen) atoms. The van der Waals surface area contributed by atoms with Crippen molar-refractivity contribution in [2.45, 2.75) is 6.04 Å². The minimum Gasteiger partial charge on any atom is -0.497 e. The van der Waals surface area contributed by atoms with Crippen molar-refractivity contribution in [2.75, 3.05) is 21.3 Å². The van der Waals surface area contributed by atoms with Gasteiger partial charge in [0.25, 0.3) is 0 Å². The van der Waals surface area contributed by atoms with Crippen molar-refractivity contribution < 1.29 is 9.47 Å². The van der Waals surface area contributed by atoms with Crippen LogP contribution in [0, 0.1) is 0 Å². The molecule has 1 heterocycles. The van der Waals surface area contributed by atoms with Gasteiger partial charge in [-0.25, -0.2) is 0 Å². The molecule has 1 N–H and O–H groups in total. The number of nitrogens with one attached hydrogen (secondary N) is 1. The second-order valence-corrected chi connectivity index (χ2v) is 5.23. The maximum atomic E-state index is 6.25. The lowest BCUT2D eigenvalue weighted by Gasteiger charge is -2.19. The van der Waals surface area contributed by atoms with Crippen LogP contribution >= 0.6 is 23.2 Å². The number of rotatable bonds is 5. The number of halogens is 2. The minimum atomic E-state index is -0.196. The summed E-state index contributed by atoms with van der Waals surface area (Å²) in [6.07, 6.45) is 1.57. The van der Waals surface area contributed by atoms with Crippen LogP contribution in [-0.4, -0.2) is 26.3 Å². The number of benzene rings is 1. The van der Waals surface area contributed by atoms with Gasteiger partial charge in [-0.3, -0.25) is 4.98 Å². The molecule has 0 aliphatic heterocycles. The summed E-state index contributed by atoms with van der Waals surface area (Å²) in [5, 5.41) is 4.20. The Morgan fingerprint density at radius 1 is 1.05 bits per heavy atom. The molecule has 4 nitrogen and oxygen atoms in total. The summed E-state index contributed by atoms with van der Waals surface area (Å²) in [5.41, 5.74) is 1.63. The quantitative estimate of drug-likeness (QED) is 0.909. The van der Waals surface area contributed by atoms with Crippen molar-refractivity contribution in [3.8, 4) is 11.5 Å². The monoisotopic (exact) mass is 326 g/mol. The summed E-state index contributed by atoms with van der Waals surface area (Å²) in [4.78, 5) is 4.33. The van der Waals surface area contributed by atoms with Gasteiger partial charge in [0.2, 0.25) is 0 Å². The molecule has 0 radical (unpaired) electrons. The molecule has 1 unspecified atom stereocenters. The van der Waals surface area contributed by atoms with Gasteiger partial charge in [-0.15, -0.1) is 0 Å². The van der Waals surface area contributed by atoms with Gasteiger partial charge in [-0.1, -0.05) is 23.2 Å². The van der Waals surface area contributed by atoms with Crippen molar-refractivity contribution in [3.05, 3.63) is 51.8 Å². The van der Waals surface area contributed by atoms with Gasteiger partial charge in [-0.2, -0.15) is 0 Å². The molecule has 0 aliphatic carbocycles. The zero-order valence-electron chi connectivity index (χ0n) is 12.0. The van der Waals surface area contributed by atoms with Crippen molar-refractivity contribution in [1.82, 2.24) is 10.3 Å². The normalized spacial score (nSPS) is 12.0. The average molecular weight is 327 g/mol. The van der Waals surface area contributed by atoms with E-state index in [4.69, 9.17) is 32.7 Å². The summed E-state index contributed by atoms with van der Waals surface area (Å²) in [5.74, 6) is 1.41. The lowest BCUT2D eigenvalue weighted by Crippen LogP contribution is -2.19. The molecule has 0 bridgehead atoms. The Kier molecular flexibility index (Phi) is 5.28. The third kappa shape index (κ3) is 3.59. The second kappa shape index (κ2) is 6.98. The summed E-state index contributed by atoms with van der Waals surface area (Å²) >= 11 is 12.1. The smallest absolute Gasteiger partial charge is 0.122 e. The van der Waals surface area contributed by atoms with Crippen LogP contribution in [0.2, 0.25) is 10.0 Å². The van der Waals surface area contributed by atoms with Crippen LogP contribution in [-0.2, 0) is 0 Å². The number of nitrogens with zero attached hydrogens (tertiary/aromatic N) is 1. The van der Waals surface area contributed by atoms with Crippen LogP contribution in [0.4, 0.5) is 0 Å². The molecule has 2 aromatic rings. The average Bonchev–Trinajstić information content (AvgIpc) is 2.49. The predicted octanol–water partition coefficient (Wildman–Crippen LogP) is 3.71. The van der Waals surface area contributed by atoms with Gasteiger partial charge >= 0.3 is 0 Å². The number of hydrogen-bond donors (Lipinski definition) is 1. The highest BCUT2D eigenvalue weighted by Gasteiger charge is 2.19. The number of pyridine rings is 1. The van der Waals surface area contributed by atoms with Crippen molar-refractivity contribution in [1.29, 1.82) is 0 Å². The lowest BCUT2D eigenvalue weighted by atomic mass is 10.0. The Morgan fingerprint density at radius 2 is 1.67 bits per heavy atom. The Hall–Kier alpha value is -1.49. The highest BCUT2D eigenvalue weighted by atomic mass is 35.5. The number of aromatic nitrogens is 1. The fourth-order valence-corrected chi connectivity index (χ4v) is 2.58. The van der Waals surface area contributed by atoms with Crippen molar-refractivity contribution in [2.24, 2.45) is 0 Å². The maximum absolute atomic E-state index is 6.25. The van der Waals surface area contributed by atoms with E-state index >= 15 is 0 Å². The van der Waals surface area contributed by atoms with Crippen LogP contribution in [0.15, 0.2) is 30.5 Å². The zero-order chi connectivity index (χ0) is 15.4. The number of ether oxygens (including phenoxy) is 2. The predicted molar refractivity (Wildman–Crippen MR) is 84.7 cm³/mol. The summed E-state index contributed by atoms with van der Waals surface area (Å²) in [6.45, 7) is 0. The van der Waals surface area contributed by atoms with E-state index in [2.05, 4.69) is 10.3 Å². The molecule has 0 saturated carbocycles. The van der Waals surface area contributed by atoms with Crippen LogP contribution < -0.4 is 14.8 Å². The first kappa shape index (κ1) is 15.9. The molecule has 2 rings (SSSR count). The molecule has 6 heteroatoms. The largest absolute Gasteiger partial charge is 0.497 e. The molecular weight excluding hydrogens is 311 g/mol. The molecule has 0 fully saturated rings. The van der Waals surface area contributed by atoms with Crippen LogP contribution in [0.3, 0.4) is 0 Å². The minimum absolute atomic E-state index is 0.196. The highest BCUT2D eigenvalue weighted by Crippen LogP contribution is 2.32. The van der Waals surface area contributed by atoms with E-state index in [9.17, 15) is 0 Å². The molecule has 112 valence electrons. The molecule has 1 aromatic carbocycles. The van der Waals surface area contributed by atoms with Gasteiger partial charge < -0.3 is 14.8 Å². The number of methoxy groups -OCH3 is 2. The Balaban J connectivity index is 2.50. The number of hydrogen-bond acceptors (Lipinski definition) is 4. The molecule has 0 spiro atoms. The molecule has 0 aliphatic rings. The molecule has 0 saturated heterocycles. The van der Waals surface area contributed by atoms with Crippen molar-refractivity contribution >= 4 is 23.2 Å². The highest BCUT2D eigenvalue weighted by molar-refractivity contribution is 6.34. The van der Waals surface area contributed by atoms with Crippen molar-refractivity contribution in [3.63, 3.8) is 0 Å². The van der Waals surface area contributed by atoms with E-state index in [1.54, 1.807) is 26.5 Å². The maximum Gasteiger partial charge on any atom is 0.122 e. The topological polar surface area (TPSA) is 43.4 Å². The first-order valence-electron chi connectivity index (χ1n) is 6.30. The third-order valence-corrected chi connectivity index (χ3v) is 3.61. The van der Waals surface area contributed by atoms with Gasteiger partial charge in [0, 0.05) is 12.3 Å². The fraction of sp³-hybridized carbons (Fsp3) is 0.267. The van der Waals surface area contributed by atoms with Gasteiger partial charge in [0.15, 0.2) is 0 Å². The zero-order valence-corrected chi connectivity index (χ0v) is 13.5. The lowest BCUT2D eigenvalue weighted by molar-refractivity contribution is 0.392. The first-order chi connectivity index (χ1) is 10.1. The van der Waals surface area contributed by atoms with E-state index < -0.39 is 0 Å². The van der Waals surface area contributed by atoms with E-state index in [1.807, 2.05) is 25.2 Å². The summed E-state index contributed by atoms with van der Waals surface area (Å²) < 4.78 is 10.6. The summed E-state index contributed by atoms with van der Waals surface area (Å²) in [6, 6.07) is 7.12. The Morgan fingerprint density at radius 3 is 2.14 bits per heavy atom. The fourth-order valence-electron chi connectivity index (χ4n) is 2.09. The van der Waals surface area contributed by atoms with E-state index in [0.29, 0.717) is 27.2 Å². The molecule has 0 amide bonds. The first-order valence-corrected chi connectivity index (χ1v) is 7.05. The SMILES string of the molecule is CNC(c1cc(OC)cc(OC)c1)c1ncc(Cl)cc1Cl. The van der Waals surface area contributed by atoms with E-state index in [-0.39, 0.29) is 6.04 Å². The molecular formula is C15H16Cl2N2O2. The van der Waals surface area contributed by atoms with Crippen LogP contribution in [0.5, 0.6) is 11.5 Å². The summed E-state index contributed by atoms with van der Waals surface area (Å²) in [7, 11) is 5.06. The van der Waals surface area contributed by atoms with Gasteiger partial charge in [0.1, 0.15) is 11.5 Å². The molecule has 1 atom stereocenters. The van der Waals surface area contributed by atoms with E-state index in [0.717, 1.165) is 5.56 Å². The van der Waals surface area contributed by atoms with Crippen LogP contribution in [0.25, 0.3) is 0 Å². The van der Waals surface area contributed by atoms with E-state index in [1.165, 1.54) is 0 Å². The Labute approximate surface area is 134 Å². The third-order valence-electron chi connectivity index (χ3n) is 3.11.